The van der Waals surface area contributed by atoms with Crippen LogP contribution in [0.15, 0.2) is 24.3 Å². The number of benzene rings is 1. The third-order valence-corrected chi connectivity index (χ3v) is 3.36. The van der Waals surface area contributed by atoms with Crippen molar-refractivity contribution in [1.29, 1.82) is 0 Å². The monoisotopic (exact) mass is 277 g/mol. The number of carbonyl (C=O) groups is 1. The molecule has 0 heterocycles. The molecule has 0 unspecified atom stereocenters. The fraction of sp³-hybridized carbons (Fsp3) is 0.562. The van der Waals surface area contributed by atoms with Gasteiger partial charge in [0.2, 0.25) is 5.91 Å². The van der Waals surface area contributed by atoms with Crippen LogP contribution in [-0.2, 0) is 11.2 Å². The number of nitrogens with one attached hydrogen (secondary N) is 1. The second-order valence-corrected chi connectivity index (χ2v) is 5.03. The molecular formula is C16H27N3O. The van der Waals surface area contributed by atoms with Crippen molar-refractivity contribution in [2.45, 2.75) is 33.1 Å². The molecule has 0 aromatic heterocycles. The van der Waals surface area contributed by atoms with Gasteiger partial charge in [-0.1, -0.05) is 26.0 Å². The van der Waals surface area contributed by atoms with E-state index in [1.54, 1.807) is 0 Å². The molecule has 0 bridgehead atoms. The summed E-state index contributed by atoms with van der Waals surface area (Å²) in [5.74, 6) is 0.120. The van der Waals surface area contributed by atoms with Gasteiger partial charge in [-0.25, -0.2) is 0 Å². The molecule has 1 amide bonds. The molecule has 112 valence electrons. The van der Waals surface area contributed by atoms with Crippen LogP contribution in [0.4, 0.5) is 5.69 Å². The molecule has 4 nitrogen and oxygen atoms in total. The molecule has 1 rings (SSSR count). The molecule has 0 aliphatic heterocycles. The number of likely N-dealkylation sites (N-methyl/N-ethyl adjacent to an activating group) is 1. The Morgan fingerprint density at radius 1 is 1.20 bits per heavy atom. The molecule has 0 aliphatic rings. The van der Waals surface area contributed by atoms with Crippen LogP contribution in [0, 0.1) is 0 Å². The highest BCUT2D eigenvalue weighted by atomic mass is 16.1. The van der Waals surface area contributed by atoms with Crippen LogP contribution in [0.1, 0.15) is 32.3 Å². The van der Waals surface area contributed by atoms with Gasteiger partial charge in [-0.3, -0.25) is 4.79 Å². The first-order valence-corrected chi connectivity index (χ1v) is 7.49. The number of aryl methyl sites for hydroxylation is 1. The Labute approximate surface area is 122 Å². The van der Waals surface area contributed by atoms with Gasteiger partial charge in [0.05, 0.1) is 0 Å². The Balaban J connectivity index is 2.18. The van der Waals surface area contributed by atoms with Gasteiger partial charge in [0.1, 0.15) is 0 Å². The number of anilines is 1. The van der Waals surface area contributed by atoms with Crippen molar-refractivity contribution >= 4 is 11.6 Å². The molecule has 0 saturated carbocycles. The second-order valence-electron chi connectivity index (χ2n) is 5.03. The fourth-order valence-corrected chi connectivity index (χ4v) is 2.13. The highest BCUT2D eigenvalue weighted by Gasteiger charge is 2.04. The third-order valence-electron chi connectivity index (χ3n) is 3.36. The first kappa shape index (κ1) is 16.5. The van der Waals surface area contributed by atoms with Crippen LogP contribution in [0.2, 0.25) is 0 Å². The molecule has 1 aromatic carbocycles. The van der Waals surface area contributed by atoms with Crippen LogP contribution in [0.25, 0.3) is 0 Å². The normalized spacial score (nSPS) is 10.8. The summed E-state index contributed by atoms with van der Waals surface area (Å²) >= 11 is 0. The Morgan fingerprint density at radius 3 is 2.50 bits per heavy atom. The van der Waals surface area contributed by atoms with Gasteiger partial charge in [0.25, 0.3) is 0 Å². The average molecular weight is 277 g/mol. The first-order chi connectivity index (χ1) is 9.65. The lowest BCUT2D eigenvalue weighted by Crippen LogP contribution is -2.35. The lowest BCUT2D eigenvalue weighted by atomic mass is 10.1. The van der Waals surface area contributed by atoms with Crippen molar-refractivity contribution in [2.75, 3.05) is 31.9 Å². The van der Waals surface area contributed by atoms with Crippen LogP contribution in [0.3, 0.4) is 0 Å². The van der Waals surface area contributed by atoms with Crippen LogP contribution < -0.4 is 11.1 Å². The largest absolute Gasteiger partial charge is 0.399 e. The molecule has 0 fully saturated rings. The Bertz CT molecular complexity index is 389. The topological polar surface area (TPSA) is 58.4 Å². The number of hydrogen-bond acceptors (Lipinski definition) is 3. The van der Waals surface area contributed by atoms with Gasteiger partial charge in [-0.05, 0) is 43.6 Å². The van der Waals surface area contributed by atoms with Crippen molar-refractivity contribution in [2.24, 2.45) is 0 Å². The molecule has 20 heavy (non-hydrogen) atoms. The number of hydrogen-bond donors (Lipinski definition) is 2. The maximum absolute atomic E-state index is 11.8. The Kier molecular flexibility index (Phi) is 7.73. The average Bonchev–Trinajstić information content (AvgIpc) is 2.45. The van der Waals surface area contributed by atoms with Gasteiger partial charge in [-0.2, -0.15) is 0 Å². The van der Waals surface area contributed by atoms with E-state index in [4.69, 9.17) is 5.73 Å². The number of nitrogens with zero attached hydrogens (tertiary/aromatic N) is 1. The molecule has 0 atom stereocenters. The lowest BCUT2D eigenvalue weighted by molar-refractivity contribution is -0.121. The van der Waals surface area contributed by atoms with Gasteiger partial charge < -0.3 is 16.0 Å². The highest BCUT2D eigenvalue weighted by molar-refractivity contribution is 5.76. The highest BCUT2D eigenvalue weighted by Crippen LogP contribution is 2.07. The van der Waals surface area contributed by atoms with E-state index in [2.05, 4.69) is 24.1 Å². The minimum absolute atomic E-state index is 0.120. The van der Waals surface area contributed by atoms with E-state index in [-0.39, 0.29) is 5.91 Å². The summed E-state index contributed by atoms with van der Waals surface area (Å²) in [4.78, 5) is 14.1. The summed E-state index contributed by atoms with van der Waals surface area (Å²) in [7, 11) is 0. The predicted octanol–water partition coefficient (Wildman–Crippen LogP) is 2.05. The van der Waals surface area contributed by atoms with E-state index < -0.39 is 0 Å². The Morgan fingerprint density at radius 2 is 1.90 bits per heavy atom. The van der Waals surface area contributed by atoms with Crippen LogP contribution >= 0.6 is 0 Å². The minimum Gasteiger partial charge on any atom is -0.399 e. The van der Waals surface area contributed by atoms with Gasteiger partial charge >= 0.3 is 0 Å². The van der Waals surface area contributed by atoms with Crippen LogP contribution in [0.5, 0.6) is 0 Å². The zero-order valence-corrected chi connectivity index (χ0v) is 12.7. The standard InChI is InChI=1S/C16H27N3O/c1-3-12-19(4-2)13-11-18-16(20)10-7-14-5-8-15(17)9-6-14/h5-6,8-9H,3-4,7,10-13,17H2,1-2H3,(H,18,20). The predicted molar refractivity (Wildman–Crippen MR) is 84.6 cm³/mol. The SMILES string of the molecule is CCCN(CC)CCNC(=O)CCc1ccc(N)cc1. The van der Waals surface area contributed by atoms with E-state index in [0.717, 1.165) is 50.3 Å². The van der Waals surface area contributed by atoms with Crippen molar-refractivity contribution < 1.29 is 4.79 Å². The molecule has 0 aliphatic carbocycles. The lowest BCUT2D eigenvalue weighted by Gasteiger charge is -2.19. The van der Waals surface area contributed by atoms with E-state index in [1.165, 1.54) is 0 Å². The zero-order chi connectivity index (χ0) is 14.8. The summed E-state index contributed by atoms with van der Waals surface area (Å²) < 4.78 is 0. The van der Waals surface area contributed by atoms with Gasteiger partial charge in [0, 0.05) is 25.2 Å². The summed E-state index contributed by atoms with van der Waals surface area (Å²) in [6.07, 6.45) is 2.45. The van der Waals surface area contributed by atoms with E-state index in [1.807, 2.05) is 24.3 Å². The molecule has 4 heteroatoms. The van der Waals surface area contributed by atoms with Crippen LogP contribution in [-0.4, -0.2) is 37.0 Å². The van der Waals surface area contributed by atoms with E-state index >= 15 is 0 Å². The first-order valence-electron chi connectivity index (χ1n) is 7.49. The summed E-state index contributed by atoms with van der Waals surface area (Å²) in [6, 6.07) is 7.69. The molecular weight excluding hydrogens is 250 g/mol. The van der Waals surface area contributed by atoms with E-state index in [9.17, 15) is 4.79 Å². The third kappa shape index (κ3) is 6.57. The van der Waals surface area contributed by atoms with E-state index in [0.29, 0.717) is 6.42 Å². The zero-order valence-electron chi connectivity index (χ0n) is 12.7. The number of nitrogen functional groups attached to an aromatic ring is 1. The van der Waals surface area contributed by atoms with Gasteiger partial charge in [0.15, 0.2) is 0 Å². The Hall–Kier alpha value is -1.55. The molecule has 3 N–H and O–H groups in total. The maximum atomic E-state index is 11.8. The second kappa shape index (κ2) is 9.37. The summed E-state index contributed by atoms with van der Waals surface area (Å²) in [5.41, 5.74) is 7.54. The number of carbonyl (C=O) groups excluding carboxylic acids is 1. The number of rotatable bonds is 9. The van der Waals surface area contributed by atoms with Crippen molar-refractivity contribution in [3.63, 3.8) is 0 Å². The molecule has 0 spiro atoms. The smallest absolute Gasteiger partial charge is 0.220 e. The quantitative estimate of drug-likeness (QED) is 0.679. The van der Waals surface area contributed by atoms with Crippen molar-refractivity contribution in [3.8, 4) is 0 Å². The number of nitrogens with two attached hydrogens (primary N) is 1. The fourth-order valence-electron chi connectivity index (χ4n) is 2.13. The summed E-state index contributed by atoms with van der Waals surface area (Å²) in [6.45, 7) is 8.12. The van der Waals surface area contributed by atoms with Crippen molar-refractivity contribution in [1.82, 2.24) is 10.2 Å². The molecule has 0 radical (unpaired) electrons. The maximum Gasteiger partial charge on any atom is 0.220 e. The van der Waals surface area contributed by atoms with Crippen molar-refractivity contribution in [3.05, 3.63) is 29.8 Å². The molecule has 0 saturated heterocycles. The minimum atomic E-state index is 0.120. The number of amides is 1. The summed E-state index contributed by atoms with van der Waals surface area (Å²) in [5, 5.41) is 2.98. The van der Waals surface area contributed by atoms with Gasteiger partial charge in [-0.15, -0.1) is 0 Å². The molecule has 1 aromatic rings.